The fourth-order valence-electron chi connectivity index (χ4n) is 3.23. The minimum Gasteiger partial charge on any atom is -0.369 e. The highest BCUT2D eigenvalue weighted by atomic mass is 19.4. The summed E-state index contributed by atoms with van der Waals surface area (Å²) in [4.78, 5) is 14.2. The van der Waals surface area contributed by atoms with Gasteiger partial charge in [-0.05, 0) is 38.0 Å². The minimum atomic E-state index is -4.57. The first kappa shape index (κ1) is 19.7. The summed E-state index contributed by atoms with van der Waals surface area (Å²) in [6.07, 6.45) is -3.74. The molecule has 2 aromatic rings. The van der Waals surface area contributed by atoms with Crippen LogP contribution in [0.5, 0.6) is 0 Å². The Balaban J connectivity index is 1.62. The Morgan fingerprint density at radius 3 is 2.57 bits per heavy atom. The lowest BCUT2D eigenvalue weighted by atomic mass is 9.95. The number of nitriles is 1. The van der Waals surface area contributed by atoms with Crippen LogP contribution in [0, 0.1) is 30.0 Å². The predicted octanol–water partition coefficient (Wildman–Crippen LogP) is 3.60. The lowest BCUT2D eigenvalue weighted by molar-refractivity contribution is -0.141. The number of amides is 1. The van der Waals surface area contributed by atoms with Gasteiger partial charge in [0.2, 0.25) is 5.91 Å². The molecule has 1 aliphatic rings. The van der Waals surface area contributed by atoms with Crippen molar-refractivity contribution in [3.63, 3.8) is 0 Å². The van der Waals surface area contributed by atoms with Gasteiger partial charge in [0.1, 0.15) is 11.5 Å². The van der Waals surface area contributed by atoms with Crippen LogP contribution in [-0.4, -0.2) is 29.2 Å². The molecule has 0 spiro atoms. The third-order valence-electron chi connectivity index (χ3n) is 4.82. The highest BCUT2D eigenvalue weighted by molar-refractivity contribution is 5.92. The molecule has 3 rings (SSSR count). The third kappa shape index (κ3) is 3.93. The van der Waals surface area contributed by atoms with E-state index in [1.54, 1.807) is 4.90 Å². The van der Waals surface area contributed by atoms with Crippen LogP contribution in [0.3, 0.4) is 0 Å². The van der Waals surface area contributed by atoms with E-state index in [1.807, 2.05) is 11.2 Å². The molecule has 6 nitrogen and oxygen atoms in total. The van der Waals surface area contributed by atoms with Crippen molar-refractivity contribution >= 4 is 17.4 Å². The fourth-order valence-corrected chi connectivity index (χ4v) is 3.23. The normalized spacial score (nSPS) is 15.4. The number of halogens is 4. The van der Waals surface area contributed by atoms with Crippen molar-refractivity contribution in [1.29, 1.82) is 5.26 Å². The largest absolute Gasteiger partial charge is 0.433 e. The summed E-state index contributed by atoms with van der Waals surface area (Å²) in [7, 11) is 0. The van der Waals surface area contributed by atoms with Crippen LogP contribution in [0.25, 0.3) is 0 Å². The summed E-state index contributed by atoms with van der Waals surface area (Å²) >= 11 is 0. The molecule has 1 aromatic heterocycles. The number of benzene rings is 1. The number of carbonyl (C=O) groups is 1. The van der Waals surface area contributed by atoms with Gasteiger partial charge < -0.3 is 10.2 Å². The molecule has 0 bridgehead atoms. The molecule has 2 N–H and O–H groups in total. The maximum absolute atomic E-state index is 14.1. The van der Waals surface area contributed by atoms with Crippen LogP contribution in [0.2, 0.25) is 0 Å². The highest BCUT2D eigenvalue weighted by Crippen LogP contribution is 2.33. The van der Waals surface area contributed by atoms with Crippen molar-refractivity contribution in [1.82, 2.24) is 10.2 Å². The Labute approximate surface area is 158 Å². The number of rotatable bonds is 3. The number of anilines is 2. The number of aromatic nitrogens is 2. The van der Waals surface area contributed by atoms with E-state index in [2.05, 4.69) is 10.4 Å². The quantitative estimate of drug-likeness (QED) is 0.778. The molecule has 1 aromatic carbocycles. The van der Waals surface area contributed by atoms with Crippen LogP contribution in [0.4, 0.5) is 29.1 Å². The Kier molecular flexibility index (Phi) is 5.27. The maximum atomic E-state index is 14.1. The molecule has 10 heteroatoms. The summed E-state index contributed by atoms with van der Waals surface area (Å²) in [5.74, 6) is -1.47. The molecule has 148 valence electrons. The van der Waals surface area contributed by atoms with Gasteiger partial charge in [-0.25, -0.2) is 4.39 Å². The number of hydrogen-bond acceptors (Lipinski definition) is 4. The van der Waals surface area contributed by atoms with E-state index in [0.717, 1.165) is 6.07 Å². The van der Waals surface area contributed by atoms with Crippen molar-refractivity contribution in [3.8, 4) is 6.07 Å². The zero-order valence-corrected chi connectivity index (χ0v) is 14.9. The Morgan fingerprint density at radius 2 is 2.04 bits per heavy atom. The Hall–Kier alpha value is -3.09. The fraction of sp³-hybridized carbons (Fsp3) is 0.389. The second-order valence-corrected chi connectivity index (χ2v) is 6.60. The van der Waals surface area contributed by atoms with E-state index < -0.39 is 29.5 Å². The molecule has 1 saturated heterocycles. The number of alkyl halides is 3. The van der Waals surface area contributed by atoms with Crippen molar-refractivity contribution in [2.45, 2.75) is 25.9 Å². The van der Waals surface area contributed by atoms with Crippen molar-refractivity contribution in [3.05, 3.63) is 40.8 Å². The van der Waals surface area contributed by atoms with Crippen molar-refractivity contribution in [2.75, 3.05) is 23.3 Å². The molecule has 28 heavy (non-hydrogen) atoms. The van der Waals surface area contributed by atoms with Crippen LogP contribution in [0.1, 0.15) is 29.7 Å². The van der Waals surface area contributed by atoms with E-state index in [4.69, 9.17) is 5.26 Å². The number of nitrogens with one attached hydrogen (secondary N) is 2. The monoisotopic (exact) mass is 395 g/mol. The molecule has 1 aliphatic heterocycles. The zero-order chi connectivity index (χ0) is 20.5. The summed E-state index contributed by atoms with van der Waals surface area (Å²) in [5, 5.41) is 16.7. The number of nitrogens with zero attached hydrogens (tertiary/aromatic N) is 3. The Bertz CT molecular complexity index is 923. The van der Waals surface area contributed by atoms with Gasteiger partial charge in [-0.15, -0.1) is 0 Å². The van der Waals surface area contributed by atoms with E-state index in [0.29, 0.717) is 31.6 Å². The van der Waals surface area contributed by atoms with Crippen LogP contribution in [-0.2, 0) is 11.0 Å². The summed E-state index contributed by atoms with van der Waals surface area (Å²) < 4.78 is 52.5. The van der Waals surface area contributed by atoms with Gasteiger partial charge in [-0.2, -0.15) is 23.5 Å². The number of carbonyl (C=O) groups excluding carboxylic acids is 1. The van der Waals surface area contributed by atoms with Crippen molar-refractivity contribution < 1.29 is 22.4 Å². The number of aromatic amines is 1. The molecular formula is C18H17F4N5O. The first-order valence-electron chi connectivity index (χ1n) is 8.58. The number of piperidine rings is 1. The SMILES string of the molecule is Cc1c(NC(=O)C2CCN(c3ccc(C#N)cc3F)CC2)n[nH]c1C(F)(F)F. The molecule has 1 amide bonds. The molecule has 1 fully saturated rings. The van der Waals surface area contributed by atoms with Gasteiger partial charge in [0.25, 0.3) is 0 Å². The molecular weight excluding hydrogens is 378 g/mol. The topological polar surface area (TPSA) is 84.8 Å². The molecule has 0 unspecified atom stereocenters. The summed E-state index contributed by atoms with van der Waals surface area (Å²) in [6, 6.07) is 6.08. The molecule has 2 heterocycles. The first-order chi connectivity index (χ1) is 13.2. The van der Waals surface area contributed by atoms with Crippen molar-refractivity contribution in [2.24, 2.45) is 5.92 Å². The second kappa shape index (κ2) is 7.50. The van der Waals surface area contributed by atoms with Gasteiger partial charge in [-0.3, -0.25) is 9.89 Å². The zero-order valence-electron chi connectivity index (χ0n) is 14.9. The van der Waals surface area contributed by atoms with E-state index in [1.165, 1.54) is 19.1 Å². The molecule has 0 saturated carbocycles. The average Bonchev–Trinajstić information content (AvgIpc) is 3.02. The van der Waals surface area contributed by atoms with E-state index in [-0.39, 0.29) is 16.9 Å². The number of H-pyrrole nitrogens is 1. The van der Waals surface area contributed by atoms with Gasteiger partial charge >= 0.3 is 6.18 Å². The Morgan fingerprint density at radius 1 is 1.36 bits per heavy atom. The van der Waals surface area contributed by atoms with Gasteiger partial charge in [0.05, 0.1) is 17.3 Å². The molecule has 0 aliphatic carbocycles. The lowest BCUT2D eigenvalue weighted by Crippen LogP contribution is -2.38. The van der Waals surface area contributed by atoms with Gasteiger partial charge in [0, 0.05) is 24.6 Å². The number of hydrogen-bond donors (Lipinski definition) is 2. The van der Waals surface area contributed by atoms with E-state index >= 15 is 0 Å². The van der Waals surface area contributed by atoms with Crippen LogP contribution in [0.15, 0.2) is 18.2 Å². The summed E-state index contributed by atoms with van der Waals surface area (Å²) in [5.41, 5.74) is -0.578. The third-order valence-corrected chi connectivity index (χ3v) is 4.82. The minimum absolute atomic E-state index is 0.141. The summed E-state index contributed by atoms with van der Waals surface area (Å²) in [6.45, 7) is 2.06. The standard InChI is InChI=1S/C18H17F4N5O/c1-10-15(18(20,21)22)25-26-16(10)24-17(28)12-4-6-27(7-5-12)14-3-2-11(9-23)8-13(14)19/h2-3,8,12H,4-7H2,1H3,(H2,24,25,26,28). The maximum Gasteiger partial charge on any atom is 0.433 e. The van der Waals surface area contributed by atoms with Gasteiger partial charge in [0.15, 0.2) is 5.82 Å². The van der Waals surface area contributed by atoms with Crippen LogP contribution < -0.4 is 10.2 Å². The average molecular weight is 395 g/mol. The second-order valence-electron chi connectivity index (χ2n) is 6.60. The lowest BCUT2D eigenvalue weighted by Gasteiger charge is -2.33. The predicted molar refractivity (Wildman–Crippen MR) is 93.0 cm³/mol. The van der Waals surface area contributed by atoms with E-state index in [9.17, 15) is 22.4 Å². The highest BCUT2D eigenvalue weighted by Gasteiger charge is 2.36. The molecule has 0 radical (unpaired) electrons. The van der Waals surface area contributed by atoms with Gasteiger partial charge in [-0.1, -0.05) is 0 Å². The van der Waals surface area contributed by atoms with Crippen LogP contribution >= 0.6 is 0 Å². The molecule has 0 atom stereocenters. The first-order valence-corrected chi connectivity index (χ1v) is 8.58. The smallest absolute Gasteiger partial charge is 0.369 e.